The van der Waals surface area contributed by atoms with Gasteiger partial charge in [0.2, 0.25) is 10.0 Å². The quantitative estimate of drug-likeness (QED) is 0.855. The second kappa shape index (κ2) is 7.76. The van der Waals surface area contributed by atoms with Crippen molar-refractivity contribution < 1.29 is 13.2 Å². The molecule has 132 valence electrons. The first-order valence-corrected chi connectivity index (χ1v) is 9.89. The van der Waals surface area contributed by atoms with E-state index in [0.717, 1.165) is 18.4 Å². The third-order valence-electron chi connectivity index (χ3n) is 4.23. The van der Waals surface area contributed by atoms with E-state index >= 15 is 0 Å². The van der Waals surface area contributed by atoms with Gasteiger partial charge in [0.05, 0.1) is 5.75 Å². The summed E-state index contributed by atoms with van der Waals surface area (Å²) in [6.45, 7) is 1.64. The fourth-order valence-electron chi connectivity index (χ4n) is 2.81. The highest BCUT2D eigenvalue weighted by molar-refractivity contribution is 7.88. The Morgan fingerprint density at radius 3 is 2.28 bits per heavy atom. The molecule has 2 heterocycles. The van der Waals surface area contributed by atoms with Crippen LogP contribution in [-0.4, -0.2) is 36.7 Å². The maximum Gasteiger partial charge on any atom is 0.251 e. The number of hydrogen-bond acceptors (Lipinski definition) is 4. The van der Waals surface area contributed by atoms with Gasteiger partial charge in [-0.25, -0.2) is 12.7 Å². The zero-order chi connectivity index (χ0) is 17.7. The third kappa shape index (κ3) is 4.64. The first-order valence-electron chi connectivity index (χ1n) is 8.28. The van der Waals surface area contributed by atoms with Crippen molar-refractivity contribution >= 4 is 15.9 Å². The number of nitrogens with zero attached hydrogens (tertiary/aromatic N) is 2. The van der Waals surface area contributed by atoms with Crippen LogP contribution >= 0.6 is 0 Å². The number of benzene rings is 1. The molecule has 0 spiro atoms. The van der Waals surface area contributed by atoms with Gasteiger partial charge in [-0.05, 0) is 48.2 Å². The lowest BCUT2D eigenvalue weighted by Crippen LogP contribution is -2.29. The molecule has 1 amide bonds. The van der Waals surface area contributed by atoms with Gasteiger partial charge in [0.1, 0.15) is 0 Å². The van der Waals surface area contributed by atoms with Crippen LogP contribution in [0.1, 0.15) is 34.3 Å². The Labute approximate surface area is 147 Å². The molecule has 1 aliphatic rings. The summed E-state index contributed by atoms with van der Waals surface area (Å²) in [6.07, 6.45) is 5.21. The van der Waals surface area contributed by atoms with E-state index in [-0.39, 0.29) is 11.7 Å². The Kier molecular flexibility index (Phi) is 5.45. The van der Waals surface area contributed by atoms with Crippen molar-refractivity contribution in [3.63, 3.8) is 0 Å². The van der Waals surface area contributed by atoms with E-state index in [9.17, 15) is 13.2 Å². The van der Waals surface area contributed by atoms with Crippen LogP contribution < -0.4 is 5.32 Å². The summed E-state index contributed by atoms with van der Waals surface area (Å²) in [4.78, 5) is 16.1. The Bertz CT molecular complexity index is 814. The lowest BCUT2D eigenvalue weighted by molar-refractivity contribution is 0.0951. The standard InChI is InChI=1S/C18H21N3O3S/c22-18(20-13-15-7-9-19-10-8-15)17-5-3-16(4-6-17)14-25(23,24)21-11-1-2-12-21/h3-10H,1-2,11-14H2,(H,20,22). The first kappa shape index (κ1) is 17.6. The number of nitrogens with one attached hydrogen (secondary N) is 1. The van der Waals surface area contributed by atoms with E-state index in [4.69, 9.17) is 0 Å². The number of hydrogen-bond donors (Lipinski definition) is 1. The van der Waals surface area contributed by atoms with Crippen molar-refractivity contribution in [1.82, 2.24) is 14.6 Å². The molecule has 1 aromatic heterocycles. The van der Waals surface area contributed by atoms with E-state index in [0.29, 0.717) is 30.8 Å². The van der Waals surface area contributed by atoms with Crippen LogP contribution in [0.4, 0.5) is 0 Å². The molecule has 1 N–H and O–H groups in total. The van der Waals surface area contributed by atoms with Crippen LogP contribution in [-0.2, 0) is 22.3 Å². The zero-order valence-corrected chi connectivity index (χ0v) is 14.7. The van der Waals surface area contributed by atoms with E-state index in [2.05, 4.69) is 10.3 Å². The molecule has 0 atom stereocenters. The molecule has 0 bridgehead atoms. The molecule has 1 fully saturated rings. The van der Waals surface area contributed by atoms with Gasteiger partial charge < -0.3 is 5.32 Å². The normalized spacial score (nSPS) is 15.2. The van der Waals surface area contributed by atoms with E-state index in [1.807, 2.05) is 12.1 Å². The first-order chi connectivity index (χ1) is 12.0. The SMILES string of the molecule is O=C(NCc1ccncc1)c1ccc(CS(=O)(=O)N2CCCC2)cc1. The molecular weight excluding hydrogens is 338 g/mol. The Morgan fingerprint density at radius 1 is 1.00 bits per heavy atom. The molecule has 2 aromatic rings. The molecule has 0 saturated carbocycles. The third-order valence-corrected chi connectivity index (χ3v) is 6.08. The number of amides is 1. The van der Waals surface area contributed by atoms with Gasteiger partial charge in [-0.15, -0.1) is 0 Å². The molecule has 25 heavy (non-hydrogen) atoms. The van der Waals surface area contributed by atoms with Gasteiger partial charge in [0, 0.05) is 37.6 Å². The largest absolute Gasteiger partial charge is 0.348 e. The zero-order valence-electron chi connectivity index (χ0n) is 13.9. The van der Waals surface area contributed by atoms with Crippen molar-refractivity contribution in [1.29, 1.82) is 0 Å². The summed E-state index contributed by atoms with van der Waals surface area (Å²) >= 11 is 0. The van der Waals surface area contributed by atoms with Crippen LogP contribution in [0, 0.1) is 0 Å². The maximum atomic E-state index is 12.3. The van der Waals surface area contributed by atoms with E-state index in [1.165, 1.54) is 0 Å². The monoisotopic (exact) mass is 359 g/mol. The Balaban J connectivity index is 1.59. The van der Waals surface area contributed by atoms with Crippen LogP contribution in [0.15, 0.2) is 48.8 Å². The van der Waals surface area contributed by atoms with E-state index < -0.39 is 10.0 Å². The smallest absolute Gasteiger partial charge is 0.251 e. The van der Waals surface area contributed by atoms with Crippen molar-refractivity contribution in [3.8, 4) is 0 Å². The number of carbonyl (C=O) groups is 1. The van der Waals surface area contributed by atoms with Gasteiger partial charge in [-0.1, -0.05) is 12.1 Å². The molecule has 1 aliphatic heterocycles. The molecule has 0 aliphatic carbocycles. The van der Waals surface area contributed by atoms with Gasteiger partial charge in [0.25, 0.3) is 5.91 Å². The minimum atomic E-state index is -3.27. The average Bonchev–Trinajstić information content (AvgIpc) is 3.17. The summed E-state index contributed by atoms with van der Waals surface area (Å²) < 4.78 is 26.2. The van der Waals surface area contributed by atoms with Crippen LogP contribution in [0.5, 0.6) is 0 Å². The van der Waals surface area contributed by atoms with E-state index in [1.54, 1.807) is 41.0 Å². The highest BCUT2D eigenvalue weighted by atomic mass is 32.2. The molecule has 1 aromatic carbocycles. The Morgan fingerprint density at radius 2 is 1.64 bits per heavy atom. The molecule has 0 unspecified atom stereocenters. The second-order valence-corrected chi connectivity index (χ2v) is 8.07. The predicted molar refractivity (Wildman–Crippen MR) is 95.3 cm³/mol. The van der Waals surface area contributed by atoms with Gasteiger partial charge in [0.15, 0.2) is 0 Å². The Hall–Kier alpha value is -2.25. The minimum absolute atomic E-state index is 0.0219. The summed E-state index contributed by atoms with van der Waals surface area (Å²) in [5.41, 5.74) is 2.17. The molecule has 7 heteroatoms. The minimum Gasteiger partial charge on any atom is -0.348 e. The summed E-state index contributed by atoms with van der Waals surface area (Å²) in [5.74, 6) is -0.211. The lowest BCUT2D eigenvalue weighted by Gasteiger charge is -2.15. The van der Waals surface area contributed by atoms with Crippen molar-refractivity contribution in [2.75, 3.05) is 13.1 Å². The molecule has 6 nitrogen and oxygen atoms in total. The number of aromatic nitrogens is 1. The second-order valence-electron chi connectivity index (χ2n) is 6.10. The fraction of sp³-hybridized carbons (Fsp3) is 0.333. The maximum absolute atomic E-state index is 12.3. The number of sulfonamides is 1. The van der Waals surface area contributed by atoms with Crippen molar-refractivity contribution in [2.24, 2.45) is 0 Å². The molecular formula is C18H21N3O3S. The van der Waals surface area contributed by atoms with Gasteiger partial charge >= 0.3 is 0 Å². The summed E-state index contributed by atoms with van der Waals surface area (Å²) in [5, 5.41) is 2.83. The van der Waals surface area contributed by atoms with Crippen LogP contribution in [0.3, 0.4) is 0 Å². The highest BCUT2D eigenvalue weighted by Gasteiger charge is 2.25. The number of carbonyl (C=O) groups excluding carboxylic acids is 1. The van der Waals surface area contributed by atoms with Crippen LogP contribution in [0.2, 0.25) is 0 Å². The van der Waals surface area contributed by atoms with Gasteiger partial charge in [-0.2, -0.15) is 0 Å². The summed E-state index contributed by atoms with van der Waals surface area (Å²) in [6, 6.07) is 10.4. The molecule has 3 rings (SSSR count). The molecule has 1 saturated heterocycles. The van der Waals surface area contributed by atoms with Crippen molar-refractivity contribution in [2.45, 2.75) is 25.1 Å². The summed E-state index contributed by atoms with van der Waals surface area (Å²) in [7, 11) is -3.27. The lowest BCUT2D eigenvalue weighted by atomic mass is 10.1. The predicted octanol–water partition coefficient (Wildman–Crippen LogP) is 1.94. The highest BCUT2D eigenvalue weighted by Crippen LogP contribution is 2.17. The molecule has 0 radical (unpaired) electrons. The van der Waals surface area contributed by atoms with Crippen LogP contribution in [0.25, 0.3) is 0 Å². The van der Waals surface area contributed by atoms with Crippen molar-refractivity contribution in [3.05, 3.63) is 65.5 Å². The number of pyridine rings is 1. The fourth-order valence-corrected chi connectivity index (χ4v) is 4.42. The number of rotatable bonds is 6. The topological polar surface area (TPSA) is 79.4 Å². The average molecular weight is 359 g/mol. The van der Waals surface area contributed by atoms with Gasteiger partial charge in [-0.3, -0.25) is 9.78 Å².